The molecule has 0 N–H and O–H groups in total. The maximum Gasteiger partial charge on any atom is 0.282 e. The van der Waals surface area contributed by atoms with Crippen LogP contribution in [-0.4, -0.2) is 28.4 Å². The molecular formula is C11H18N2O2S. The third-order valence-electron chi connectivity index (χ3n) is 2.08. The first-order valence-corrected chi connectivity index (χ1v) is 6.57. The second-order valence-corrected chi connectivity index (χ2v) is 4.46. The second-order valence-electron chi connectivity index (χ2n) is 3.53. The van der Waals surface area contributed by atoms with E-state index in [0.717, 1.165) is 31.6 Å². The molecule has 0 unspecified atom stereocenters. The van der Waals surface area contributed by atoms with Crippen LogP contribution < -0.4 is 0 Å². The number of thioether (sulfide) groups is 1. The summed E-state index contributed by atoms with van der Waals surface area (Å²) in [6.07, 6.45) is 3.52. The third-order valence-corrected chi connectivity index (χ3v) is 3.03. The summed E-state index contributed by atoms with van der Waals surface area (Å²) in [6.45, 7) is 5.83. The fourth-order valence-corrected chi connectivity index (χ4v) is 2.16. The van der Waals surface area contributed by atoms with E-state index in [1.54, 1.807) is 6.07 Å². The first-order chi connectivity index (χ1) is 7.77. The highest BCUT2D eigenvalue weighted by Gasteiger charge is 2.12. The van der Waals surface area contributed by atoms with Crippen molar-refractivity contribution in [2.45, 2.75) is 32.4 Å². The molecule has 1 rings (SSSR count). The summed E-state index contributed by atoms with van der Waals surface area (Å²) in [5.74, 6) is 0.583. The third kappa shape index (κ3) is 4.26. The fourth-order valence-electron chi connectivity index (χ4n) is 1.37. The molecule has 1 aromatic rings. The molecule has 0 radical (unpaired) electrons. The molecule has 1 amide bonds. The van der Waals surface area contributed by atoms with E-state index in [9.17, 15) is 4.79 Å². The largest absolute Gasteiger partial charge is 0.364 e. The SMILES string of the molecule is CCCN(CCC)C(=O)SCc1ccon1. The lowest BCUT2D eigenvalue weighted by Crippen LogP contribution is -2.29. The van der Waals surface area contributed by atoms with Gasteiger partial charge in [0, 0.05) is 24.9 Å². The summed E-state index contributed by atoms with van der Waals surface area (Å²) in [6, 6.07) is 1.78. The monoisotopic (exact) mass is 242 g/mol. The van der Waals surface area contributed by atoms with Crippen LogP contribution in [0.3, 0.4) is 0 Å². The average molecular weight is 242 g/mol. The summed E-state index contributed by atoms with van der Waals surface area (Å²) >= 11 is 1.29. The Bertz CT molecular complexity index is 295. The van der Waals surface area contributed by atoms with Crippen LogP contribution in [0.1, 0.15) is 32.4 Å². The number of hydrogen-bond donors (Lipinski definition) is 0. The molecule has 90 valence electrons. The maximum atomic E-state index is 11.8. The smallest absolute Gasteiger partial charge is 0.282 e. The van der Waals surface area contributed by atoms with Gasteiger partial charge in [0.2, 0.25) is 0 Å². The maximum absolute atomic E-state index is 11.8. The molecule has 0 fully saturated rings. The number of hydrogen-bond acceptors (Lipinski definition) is 4. The number of nitrogens with zero attached hydrogens (tertiary/aromatic N) is 2. The first-order valence-electron chi connectivity index (χ1n) is 5.58. The predicted molar refractivity (Wildman–Crippen MR) is 65.3 cm³/mol. The Balaban J connectivity index is 2.36. The van der Waals surface area contributed by atoms with Gasteiger partial charge in [-0.05, 0) is 12.8 Å². The van der Waals surface area contributed by atoms with E-state index in [1.165, 1.54) is 18.0 Å². The van der Waals surface area contributed by atoms with Gasteiger partial charge in [-0.1, -0.05) is 30.8 Å². The lowest BCUT2D eigenvalue weighted by Gasteiger charge is -2.20. The van der Waals surface area contributed by atoms with E-state index < -0.39 is 0 Å². The van der Waals surface area contributed by atoms with Crippen LogP contribution in [0.4, 0.5) is 4.79 Å². The van der Waals surface area contributed by atoms with Gasteiger partial charge in [0.15, 0.2) is 0 Å². The highest BCUT2D eigenvalue weighted by atomic mass is 32.2. The Morgan fingerprint density at radius 1 is 1.44 bits per heavy atom. The summed E-state index contributed by atoms with van der Waals surface area (Å²) in [5.41, 5.74) is 0.811. The number of rotatable bonds is 6. The number of carbonyl (C=O) groups excluding carboxylic acids is 1. The Morgan fingerprint density at radius 2 is 2.12 bits per heavy atom. The minimum atomic E-state index is 0.131. The molecule has 0 aromatic carbocycles. The van der Waals surface area contributed by atoms with Crippen molar-refractivity contribution in [3.05, 3.63) is 18.0 Å². The molecule has 0 saturated carbocycles. The lowest BCUT2D eigenvalue weighted by atomic mass is 10.4. The average Bonchev–Trinajstić information content (AvgIpc) is 2.78. The summed E-state index contributed by atoms with van der Waals surface area (Å²) in [5, 5.41) is 3.90. The summed E-state index contributed by atoms with van der Waals surface area (Å²) in [7, 11) is 0. The number of aromatic nitrogens is 1. The quantitative estimate of drug-likeness (QED) is 0.768. The van der Waals surface area contributed by atoms with Crippen LogP contribution in [0.25, 0.3) is 0 Å². The van der Waals surface area contributed by atoms with Gasteiger partial charge in [-0.15, -0.1) is 0 Å². The predicted octanol–water partition coefficient (Wildman–Crippen LogP) is 3.15. The molecule has 5 heteroatoms. The number of amides is 1. The Morgan fingerprint density at radius 3 is 2.62 bits per heavy atom. The topological polar surface area (TPSA) is 46.3 Å². The highest BCUT2D eigenvalue weighted by Crippen LogP contribution is 2.15. The van der Waals surface area contributed by atoms with Gasteiger partial charge in [0.25, 0.3) is 5.24 Å². The van der Waals surface area contributed by atoms with E-state index in [-0.39, 0.29) is 5.24 Å². The lowest BCUT2D eigenvalue weighted by molar-refractivity contribution is 0.223. The summed E-state index contributed by atoms with van der Waals surface area (Å²) < 4.78 is 4.71. The highest BCUT2D eigenvalue weighted by molar-refractivity contribution is 8.12. The van der Waals surface area contributed by atoms with E-state index in [4.69, 9.17) is 4.52 Å². The van der Waals surface area contributed by atoms with Crippen molar-refractivity contribution in [3.63, 3.8) is 0 Å². The van der Waals surface area contributed by atoms with Crippen LogP contribution in [-0.2, 0) is 5.75 Å². The molecular weight excluding hydrogens is 224 g/mol. The van der Waals surface area contributed by atoms with Crippen LogP contribution in [0, 0.1) is 0 Å². The van der Waals surface area contributed by atoms with Gasteiger partial charge in [-0.3, -0.25) is 4.79 Å². The first kappa shape index (κ1) is 13.1. The van der Waals surface area contributed by atoms with Crippen LogP contribution in [0.2, 0.25) is 0 Å². The molecule has 0 aliphatic rings. The normalized spacial score (nSPS) is 10.4. The second kappa shape index (κ2) is 7.33. The molecule has 0 atom stereocenters. The zero-order chi connectivity index (χ0) is 11.8. The van der Waals surface area contributed by atoms with Crippen molar-refractivity contribution >= 4 is 17.0 Å². The van der Waals surface area contributed by atoms with Gasteiger partial charge in [0.05, 0.1) is 5.69 Å². The molecule has 1 heterocycles. The Kier molecular flexibility index (Phi) is 6.00. The van der Waals surface area contributed by atoms with Crippen molar-refractivity contribution in [2.24, 2.45) is 0 Å². The Hall–Kier alpha value is -0.970. The van der Waals surface area contributed by atoms with Crippen molar-refractivity contribution in [1.82, 2.24) is 10.1 Å². The van der Waals surface area contributed by atoms with Gasteiger partial charge in [-0.25, -0.2) is 0 Å². The zero-order valence-corrected chi connectivity index (χ0v) is 10.6. The van der Waals surface area contributed by atoms with Gasteiger partial charge in [0.1, 0.15) is 6.26 Å². The fraction of sp³-hybridized carbons (Fsp3) is 0.636. The van der Waals surface area contributed by atoms with Gasteiger partial charge >= 0.3 is 0 Å². The van der Waals surface area contributed by atoms with Crippen molar-refractivity contribution < 1.29 is 9.32 Å². The molecule has 0 bridgehead atoms. The zero-order valence-electron chi connectivity index (χ0n) is 9.81. The van der Waals surface area contributed by atoms with E-state index >= 15 is 0 Å². The minimum Gasteiger partial charge on any atom is -0.364 e. The molecule has 16 heavy (non-hydrogen) atoms. The summed E-state index contributed by atoms with van der Waals surface area (Å²) in [4.78, 5) is 13.7. The molecule has 0 saturated heterocycles. The molecule has 0 spiro atoms. The Labute approximate surface area is 100 Å². The van der Waals surface area contributed by atoms with Crippen molar-refractivity contribution in [3.8, 4) is 0 Å². The van der Waals surface area contributed by atoms with E-state index in [1.807, 2.05) is 4.90 Å². The van der Waals surface area contributed by atoms with Crippen LogP contribution >= 0.6 is 11.8 Å². The van der Waals surface area contributed by atoms with Gasteiger partial charge in [-0.2, -0.15) is 0 Å². The minimum absolute atomic E-state index is 0.131. The standard InChI is InChI=1S/C11H18N2O2S/c1-3-6-13(7-4-2)11(14)16-9-10-5-8-15-12-10/h5,8H,3-4,6-7,9H2,1-2H3. The van der Waals surface area contributed by atoms with Crippen LogP contribution in [0.15, 0.2) is 16.9 Å². The van der Waals surface area contributed by atoms with Gasteiger partial charge < -0.3 is 9.42 Å². The van der Waals surface area contributed by atoms with E-state index in [0.29, 0.717) is 5.75 Å². The van der Waals surface area contributed by atoms with E-state index in [2.05, 4.69) is 19.0 Å². The van der Waals surface area contributed by atoms with Crippen molar-refractivity contribution in [2.75, 3.05) is 13.1 Å². The molecule has 4 nitrogen and oxygen atoms in total. The molecule has 0 aliphatic heterocycles. The molecule has 0 aliphatic carbocycles. The molecule has 1 aromatic heterocycles. The number of carbonyl (C=O) groups is 1. The van der Waals surface area contributed by atoms with Crippen molar-refractivity contribution in [1.29, 1.82) is 0 Å². The van der Waals surface area contributed by atoms with Crippen LogP contribution in [0.5, 0.6) is 0 Å².